The number of carboxylic acids is 1. The van der Waals surface area contributed by atoms with E-state index in [0.717, 1.165) is 16.9 Å². The molecule has 0 spiro atoms. The molecule has 1 aliphatic rings. The van der Waals surface area contributed by atoms with Crippen LogP contribution < -0.4 is 10.1 Å². The van der Waals surface area contributed by atoms with Crippen LogP contribution in [0.3, 0.4) is 0 Å². The van der Waals surface area contributed by atoms with Crippen molar-refractivity contribution < 1.29 is 19.4 Å². The maximum Gasteiger partial charge on any atom is 0.307 e. The zero-order valence-corrected chi connectivity index (χ0v) is 15.9. The van der Waals surface area contributed by atoms with E-state index in [-0.39, 0.29) is 11.8 Å². The van der Waals surface area contributed by atoms with E-state index in [2.05, 4.69) is 10.3 Å². The van der Waals surface area contributed by atoms with E-state index in [0.29, 0.717) is 32.6 Å². The summed E-state index contributed by atoms with van der Waals surface area (Å²) in [5.74, 6) is -1.16. The zero-order valence-electron chi connectivity index (χ0n) is 15.9. The Hall–Kier alpha value is -2.93. The van der Waals surface area contributed by atoms with Crippen LogP contribution in [0, 0.1) is 11.8 Å². The second-order valence-corrected chi connectivity index (χ2v) is 7.05. The summed E-state index contributed by atoms with van der Waals surface area (Å²) in [4.78, 5) is 30.3. The van der Waals surface area contributed by atoms with Gasteiger partial charge >= 0.3 is 5.97 Å². The van der Waals surface area contributed by atoms with Crippen LogP contribution in [0.1, 0.15) is 17.5 Å². The fourth-order valence-corrected chi connectivity index (χ4v) is 3.60. The van der Waals surface area contributed by atoms with Crippen molar-refractivity contribution in [2.75, 3.05) is 20.2 Å². The molecule has 3 rings (SSSR count). The second-order valence-electron chi connectivity index (χ2n) is 7.05. The third-order valence-electron chi connectivity index (χ3n) is 5.05. The van der Waals surface area contributed by atoms with Gasteiger partial charge in [0, 0.05) is 44.1 Å². The fourth-order valence-electron chi connectivity index (χ4n) is 3.60. The Labute approximate surface area is 164 Å². The normalized spacial score (nSPS) is 19.8. The lowest BCUT2D eigenvalue weighted by Gasteiger charge is -2.35. The summed E-state index contributed by atoms with van der Waals surface area (Å²) in [6.07, 6.45) is 3.70. The first-order valence-electron chi connectivity index (χ1n) is 9.30. The van der Waals surface area contributed by atoms with E-state index < -0.39 is 11.9 Å². The smallest absolute Gasteiger partial charge is 0.307 e. The van der Waals surface area contributed by atoms with E-state index in [1.54, 1.807) is 19.5 Å². The molecule has 0 aliphatic carbocycles. The van der Waals surface area contributed by atoms with Gasteiger partial charge in [-0.05, 0) is 30.2 Å². The van der Waals surface area contributed by atoms with Crippen molar-refractivity contribution in [3.63, 3.8) is 0 Å². The largest absolute Gasteiger partial charge is 0.496 e. The highest BCUT2D eigenvalue weighted by Gasteiger charge is 2.35. The standard InChI is InChI=1S/C21H25N3O4/c1-28-19-5-3-2-4-16(19)12-24-13-17(10-18(14-24)21(26)27)20(25)23-11-15-6-8-22-9-7-15/h2-9,17-18H,10-14H2,1H3,(H,23,25)(H,26,27)/t17-,18+/m1/s1. The number of ether oxygens (including phenoxy) is 1. The first kappa shape index (κ1) is 19.8. The van der Waals surface area contributed by atoms with Crippen molar-refractivity contribution in [3.05, 3.63) is 59.9 Å². The van der Waals surface area contributed by atoms with Gasteiger partial charge in [-0.1, -0.05) is 18.2 Å². The van der Waals surface area contributed by atoms with Gasteiger partial charge in [-0.25, -0.2) is 0 Å². The minimum absolute atomic E-state index is 0.118. The van der Waals surface area contributed by atoms with E-state index >= 15 is 0 Å². The van der Waals surface area contributed by atoms with Crippen LogP contribution in [0.4, 0.5) is 0 Å². The minimum Gasteiger partial charge on any atom is -0.496 e. The molecule has 1 fully saturated rings. The second kappa shape index (κ2) is 9.32. The predicted octanol–water partition coefficient (Wildman–Crippen LogP) is 1.93. The lowest BCUT2D eigenvalue weighted by Crippen LogP contribution is -2.47. The SMILES string of the molecule is COc1ccccc1CN1C[C@@H](C(=O)O)C[C@@H](C(=O)NCc2ccncc2)C1. The van der Waals surface area contributed by atoms with Gasteiger partial charge in [-0.2, -0.15) is 0 Å². The molecule has 2 atom stereocenters. The molecule has 28 heavy (non-hydrogen) atoms. The lowest BCUT2D eigenvalue weighted by molar-refractivity contribution is -0.145. The van der Waals surface area contributed by atoms with Gasteiger partial charge < -0.3 is 15.2 Å². The number of nitrogens with zero attached hydrogens (tertiary/aromatic N) is 2. The van der Waals surface area contributed by atoms with Gasteiger partial charge in [0.25, 0.3) is 0 Å². The molecule has 2 heterocycles. The number of aliphatic carboxylic acids is 1. The number of nitrogens with one attached hydrogen (secondary N) is 1. The molecule has 7 heteroatoms. The topological polar surface area (TPSA) is 91.8 Å². The molecule has 1 saturated heterocycles. The number of aromatic nitrogens is 1. The third kappa shape index (κ3) is 5.07. The van der Waals surface area contributed by atoms with Gasteiger partial charge in [0.05, 0.1) is 18.9 Å². The Balaban J connectivity index is 1.67. The summed E-state index contributed by atoms with van der Waals surface area (Å²) in [5, 5.41) is 12.5. The van der Waals surface area contributed by atoms with Crippen LogP contribution in [0.2, 0.25) is 0 Å². The highest BCUT2D eigenvalue weighted by molar-refractivity contribution is 5.80. The van der Waals surface area contributed by atoms with E-state index in [4.69, 9.17) is 4.74 Å². The van der Waals surface area contributed by atoms with Gasteiger partial charge in [0.1, 0.15) is 5.75 Å². The average Bonchev–Trinajstić information content (AvgIpc) is 2.73. The van der Waals surface area contributed by atoms with E-state index in [9.17, 15) is 14.7 Å². The van der Waals surface area contributed by atoms with Crippen molar-refractivity contribution in [2.45, 2.75) is 19.5 Å². The molecule has 148 valence electrons. The zero-order chi connectivity index (χ0) is 19.9. The van der Waals surface area contributed by atoms with Crippen molar-refractivity contribution in [1.29, 1.82) is 0 Å². The monoisotopic (exact) mass is 383 g/mol. The van der Waals surface area contributed by atoms with E-state index in [1.165, 1.54) is 0 Å². The molecular weight excluding hydrogens is 358 g/mol. The number of carboxylic acid groups (broad SMARTS) is 1. The van der Waals surface area contributed by atoms with Gasteiger partial charge in [0.15, 0.2) is 0 Å². The van der Waals surface area contributed by atoms with Crippen LogP contribution in [0.5, 0.6) is 5.75 Å². The Morgan fingerprint density at radius 2 is 1.89 bits per heavy atom. The van der Waals surface area contributed by atoms with Crippen LogP contribution in [0.15, 0.2) is 48.8 Å². The number of piperidine rings is 1. The number of amides is 1. The van der Waals surface area contributed by atoms with Crippen LogP contribution in [-0.4, -0.2) is 47.1 Å². The molecular formula is C21H25N3O4. The van der Waals surface area contributed by atoms with Crippen LogP contribution in [0.25, 0.3) is 0 Å². The predicted molar refractivity (Wildman–Crippen MR) is 104 cm³/mol. The Morgan fingerprint density at radius 3 is 2.61 bits per heavy atom. The van der Waals surface area contributed by atoms with Crippen molar-refractivity contribution in [1.82, 2.24) is 15.2 Å². The number of carbonyl (C=O) groups is 2. The average molecular weight is 383 g/mol. The number of rotatable bonds is 7. The molecule has 0 saturated carbocycles. The molecule has 2 N–H and O–H groups in total. The Morgan fingerprint density at radius 1 is 1.18 bits per heavy atom. The summed E-state index contributed by atoms with van der Waals surface area (Å²) in [6.45, 7) is 1.88. The number of pyridine rings is 1. The van der Waals surface area contributed by atoms with Crippen molar-refractivity contribution in [2.24, 2.45) is 11.8 Å². The summed E-state index contributed by atoms with van der Waals surface area (Å²) in [7, 11) is 1.62. The van der Waals surface area contributed by atoms with Gasteiger partial charge in [-0.15, -0.1) is 0 Å². The molecule has 1 aliphatic heterocycles. The summed E-state index contributed by atoms with van der Waals surface area (Å²) in [6, 6.07) is 11.3. The molecule has 0 unspecified atom stereocenters. The molecule has 1 aromatic carbocycles. The molecule has 0 bridgehead atoms. The summed E-state index contributed by atoms with van der Waals surface area (Å²) >= 11 is 0. The van der Waals surface area contributed by atoms with Gasteiger partial charge in [-0.3, -0.25) is 19.5 Å². The Kier molecular flexibility index (Phi) is 6.60. The molecule has 2 aromatic rings. The highest BCUT2D eigenvalue weighted by Crippen LogP contribution is 2.26. The van der Waals surface area contributed by atoms with Crippen molar-refractivity contribution >= 4 is 11.9 Å². The van der Waals surface area contributed by atoms with Crippen LogP contribution in [-0.2, 0) is 22.7 Å². The quantitative estimate of drug-likeness (QED) is 0.759. The summed E-state index contributed by atoms with van der Waals surface area (Å²) in [5.41, 5.74) is 1.94. The van der Waals surface area contributed by atoms with Crippen molar-refractivity contribution in [3.8, 4) is 5.75 Å². The first-order chi connectivity index (χ1) is 13.6. The fraction of sp³-hybridized carbons (Fsp3) is 0.381. The number of methoxy groups -OCH3 is 1. The maximum atomic E-state index is 12.7. The van der Waals surface area contributed by atoms with Crippen LogP contribution >= 0.6 is 0 Å². The lowest BCUT2D eigenvalue weighted by atomic mass is 9.88. The third-order valence-corrected chi connectivity index (χ3v) is 5.05. The highest BCUT2D eigenvalue weighted by atomic mass is 16.5. The minimum atomic E-state index is -0.864. The Bertz CT molecular complexity index is 812. The number of para-hydroxylation sites is 1. The maximum absolute atomic E-state index is 12.7. The number of likely N-dealkylation sites (tertiary alicyclic amines) is 1. The molecule has 7 nitrogen and oxygen atoms in total. The molecule has 0 radical (unpaired) electrons. The summed E-state index contributed by atoms with van der Waals surface area (Å²) < 4.78 is 5.40. The molecule has 1 amide bonds. The number of carbonyl (C=O) groups excluding carboxylic acids is 1. The molecule has 1 aromatic heterocycles. The first-order valence-corrected chi connectivity index (χ1v) is 9.30. The number of hydrogen-bond donors (Lipinski definition) is 2. The van der Waals surface area contributed by atoms with E-state index in [1.807, 2.05) is 41.3 Å². The van der Waals surface area contributed by atoms with Gasteiger partial charge in [0.2, 0.25) is 5.91 Å². The number of hydrogen-bond acceptors (Lipinski definition) is 5. The number of benzene rings is 1.